The van der Waals surface area contributed by atoms with E-state index in [2.05, 4.69) is 39.8 Å². The molecule has 0 amide bonds. The van der Waals surface area contributed by atoms with Gasteiger partial charge in [-0.3, -0.25) is 0 Å². The first-order chi connectivity index (χ1) is 7.16. The van der Waals surface area contributed by atoms with Crippen LogP contribution >= 0.6 is 0 Å². The summed E-state index contributed by atoms with van der Waals surface area (Å²) in [5.74, 6) is 1.82. The summed E-state index contributed by atoms with van der Waals surface area (Å²) in [5, 5.41) is 0. The molecule has 0 rings (SSSR count). The normalized spacial score (nSPS) is 13.9. The zero-order valence-electron chi connectivity index (χ0n) is 11.3. The molecule has 0 aliphatic heterocycles. The van der Waals surface area contributed by atoms with E-state index in [0.29, 0.717) is 0 Å². The lowest BCUT2D eigenvalue weighted by Gasteiger charge is -2.10. The molecule has 0 saturated carbocycles. The molecule has 0 bridgehead atoms. The van der Waals surface area contributed by atoms with Crippen molar-refractivity contribution in [2.75, 3.05) is 0 Å². The largest absolute Gasteiger partial charge is 0.0917 e. The minimum Gasteiger partial charge on any atom is -0.0917 e. The van der Waals surface area contributed by atoms with Gasteiger partial charge in [0.15, 0.2) is 0 Å². The third kappa shape index (κ3) is 11.7. The third-order valence-corrected chi connectivity index (χ3v) is 3.03. The van der Waals surface area contributed by atoms with Crippen molar-refractivity contribution in [2.24, 2.45) is 11.8 Å². The van der Waals surface area contributed by atoms with Crippen LogP contribution in [0.15, 0.2) is 12.2 Å². The van der Waals surface area contributed by atoms with Gasteiger partial charge in [0.1, 0.15) is 0 Å². The molecule has 0 aliphatic rings. The maximum absolute atomic E-state index is 2.41. The first kappa shape index (κ1) is 14.7. The Morgan fingerprint density at radius 2 is 1.47 bits per heavy atom. The second kappa shape index (κ2) is 10.3. The van der Waals surface area contributed by atoms with E-state index in [1.807, 2.05) is 0 Å². The van der Waals surface area contributed by atoms with E-state index in [0.717, 1.165) is 11.8 Å². The first-order valence-corrected chi connectivity index (χ1v) is 6.78. The van der Waals surface area contributed by atoms with Crippen molar-refractivity contribution in [1.29, 1.82) is 0 Å². The molecule has 0 nitrogen and oxygen atoms in total. The lowest BCUT2D eigenvalue weighted by atomic mass is 9.96. The van der Waals surface area contributed by atoms with Crippen molar-refractivity contribution in [2.45, 2.75) is 72.6 Å². The highest BCUT2D eigenvalue weighted by atomic mass is 14.1. The molecular formula is C15H30. The fourth-order valence-electron chi connectivity index (χ4n) is 1.94. The van der Waals surface area contributed by atoms with Gasteiger partial charge in [-0.1, -0.05) is 65.0 Å². The molecule has 1 atom stereocenters. The minimum atomic E-state index is 0.884. The van der Waals surface area contributed by atoms with E-state index in [-0.39, 0.29) is 0 Å². The highest BCUT2D eigenvalue weighted by Crippen LogP contribution is 2.17. The second-order valence-corrected chi connectivity index (χ2v) is 5.28. The molecule has 0 radical (unpaired) electrons. The maximum atomic E-state index is 2.41. The van der Waals surface area contributed by atoms with Crippen LogP contribution in [0.2, 0.25) is 0 Å². The van der Waals surface area contributed by atoms with Crippen LogP contribution in [-0.4, -0.2) is 0 Å². The van der Waals surface area contributed by atoms with Crippen LogP contribution < -0.4 is 0 Å². The highest BCUT2D eigenvalue weighted by Gasteiger charge is 2.01. The van der Waals surface area contributed by atoms with Gasteiger partial charge in [0, 0.05) is 0 Å². The van der Waals surface area contributed by atoms with Crippen LogP contribution in [0.5, 0.6) is 0 Å². The van der Waals surface area contributed by atoms with Crippen molar-refractivity contribution in [1.82, 2.24) is 0 Å². The Kier molecular flexibility index (Phi) is 10.1. The molecule has 0 spiro atoms. The van der Waals surface area contributed by atoms with Crippen LogP contribution in [0.4, 0.5) is 0 Å². The van der Waals surface area contributed by atoms with Gasteiger partial charge in [0.25, 0.3) is 0 Å². The lowest BCUT2D eigenvalue weighted by molar-refractivity contribution is 0.434. The summed E-state index contributed by atoms with van der Waals surface area (Å²) >= 11 is 0. The average molecular weight is 210 g/mol. The molecular weight excluding hydrogens is 180 g/mol. The molecule has 0 aromatic rings. The van der Waals surface area contributed by atoms with E-state index in [4.69, 9.17) is 0 Å². The van der Waals surface area contributed by atoms with E-state index in [1.54, 1.807) is 0 Å². The smallest absolute Gasteiger partial charge is 0.0351 e. The van der Waals surface area contributed by atoms with E-state index in [1.165, 1.54) is 44.9 Å². The lowest BCUT2D eigenvalue weighted by Crippen LogP contribution is -1.95. The van der Waals surface area contributed by atoms with Crippen molar-refractivity contribution in [3.63, 3.8) is 0 Å². The number of rotatable bonds is 9. The molecule has 15 heavy (non-hydrogen) atoms. The average Bonchev–Trinajstić information content (AvgIpc) is 2.19. The molecule has 0 aliphatic carbocycles. The van der Waals surface area contributed by atoms with Gasteiger partial charge in [0.2, 0.25) is 0 Å². The Morgan fingerprint density at radius 3 is 2.07 bits per heavy atom. The van der Waals surface area contributed by atoms with Crippen molar-refractivity contribution >= 4 is 0 Å². The second-order valence-electron chi connectivity index (χ2n) is 5.28. The van der Waals surface area contributed by atoms with Gasteiger partial charge in [-0.2, -0.15) is 0 Å². The molecule has 90 valence electrons. The van der Waals surface area contributed by atoms with Crippen LogP contribution in [0.1, 0.15) is 72.6 Å². The Morgan fingerprint density at radius 1 is 0.867 bits per heavy atom. The molecule has 0 aromatic heterocycles. The summed E-state index contributed by atoms with van der Waals surface area (Å²) in [5.41, 5.74) is 0. The maximum Gasteiger partial charge on any atom is -0.0351 e. The van der Waals surface area contributed by atoms with E-state index >= 15 is 0 Å². The predicted octanol–water partition coefficient (Wildman–Crippen LogP) is 5.59. The summed E-state index contributed by atoms with van der Waals surface area (Å²) in [7, 11) is 0. The van der Waals surface area contributed by atoms with Crippen molar-refractivity contribution in [3.8, 4) is 0 Å². The fraction of sp³-hybridized carbons (Fsp3) is 0.867. The number of allylic oxidation sites excluding steroid dienone is 2. The first-order valence-electron chi connectivity index (χ1n) is 6.78. The van der Waals surface area contributed by atoms with Crippen molar-refractivity contribution < 1.29 is 0 Å². The zero-order valence-corrected chi connectivity index (χ0v) is 11.3. The van der Waals surface area contributed by atoms with E-state index in [9.17, 15) is 0 Å². The molecule has 0 heterocycles. The molecule has 1 unspecified atom stereocenters. The highest BCUT2D eigenvalue weighted by molar-refractivity contribution is 4.76. The predicted molar refractivity (Wildman–Crippen MR) is 71.1 cm³/mol. The molecule has 0 heteroatoms. The molecule has 0 saturated heterocycles. The standard InChI is InChI=1S/C15H30/c1-5-6-7-8-12-15(4)13-10-9-11-14(2)3/h5-6,14-15H,7-13H2,1-4H3/b6-5+. The molecule has 0 fully saturated rings. The van der Waals surface area contributed by atoms with Crippen LogP contribution in [-0.2, 0) is 0 Å². The van der Waals surface area contributed by atoms with Gasteiger partial charge in [-0.25, -0.2) is 0 Å². The topological polar surface area (TPSA) is 0 Å². The summed E-state index contributed by atoms with van der Waals surface area (Å²) in [6.45, 7) is 9.15. The van der Waals surface area contributed by atoms with Crippen LogP contribution in [0.3, 0.4) is 0 Å². The quantitative estimate of drug-likeness (QED) is 0.344. The Labute approximate surface area is 97.2 Å². The Bertz CT molecular complexity index is 144. The Hall–Kier alpha value is -0.260. The summed E-state index contributed by atoms with van der Waals surface area (Å²) in [4.78, 5) is 0. The van der Waals surface area contributed by atoms with Gasteiger partial charge < -0.3 is 0 Å². The van der Waals surface area contributed by atoms with Crippen LogP contribution in [0, 0.1) is 11.8 Å². The van der Waals surface area contributed by atoms with Gasteiger partial charge in [-0.15, -0.1) is 0 Å². The summed E-state index contributed by atoms with van der Waals surface area (Å²) in [6.07, 6.45) is 14.2. The fourth-order valence-corrected chi connectivity index (χ4v) is 1.94. The third-order valence-electron chi connectivity index (χ3n) is 3.03. The number of hydrogen-bond donors (Lipinski definition) is 0. The zero-order chi connectivity index (χ0) is 11.5. The molecule has 0 aromatic carbocycles. The monoisotopic (exact) mass is 210 g/mol. The van der Waals surface area contributed by atoms with Crippen molar-refractivity contribution in [3.05, 3.63) is 12.2 Å². The van der Waals surface area contributed by atoms with Gasteiger partial charge >= 0.3 is 0 Å². The molecule has 0 N–H and O–H groups in total. The SMILES string of the molecule is C/C=C/CCCC(C)CCCCC(C)C. The minimum absolute atomic E-state index is 0.884. The van der Waals surface area contributed by atoms with Gasteiger partial charge in [0.05, 0.1) is 0 Å². The van der Waals surface area contributed by atoms with Gasteiger partial charge in [-0.05, 0) is 31.6 Å². The van der Waals surface area contributed by atoms with Crippen LogP contribution in [0.25, 0.3) is 0 Å². The summed E-state index contributed by atoms with van der Waals surface area (Å²) < 4.78 is 0. The number of unbranched alkanes of at least 4 members (excludes halogenated alkanes) is 2. The summed E-state index contributed by atoms with van der Waals surface area (Å²) in [6, 6.07) is 0. The van der Waals surface area contributed by atoms with E-state index < -0.39 is 0 Å². The number of hydrogen-bond acceptors (Lipinski definition) is 0. The Balaban J connectivity index is 3.21.